The Bertz CT molecular complexity index is 416. The smallest absolute Gasteiger partial charge is 0.229 e. The van der Waals surface area contributed by atoms with Crippen LogP contribution in [0.25, 0.3) is 0 Å². The van der Waals surface area contributed by atoms with Crippen LogP contribution in [0.1, 0.15) is 77.4 Å². The number of rotatable bonds is 5. The molecule has 0 aliphatic heterocycles. The molecule has 0 amide bonds. The molecule has 1 aliphatic carbocycles. The van der Waals surface area contributed by atoms with Crippen LogP contribution in [0.3, 0.4) is 0 Å². The molecule has 1 N–H and O–H groups in total. The first-order valence-electron chi connectivity index (χ1n) is 7.86. The van der Waals surface area contributed by atoms with Crippen molar-refractivity contribution in [3.05, 3.63) is 11.7 Å². The van der Waals surface area contributed by atoms with Gasteiger partial charge in [-0.25, -0.2) is 0 Å². The van der Waals surface area contributed by atoms with E-state index in [1.54, 1.807) is 0 Å². The Hall–Kier alpha value is -0.900. The monoisotopic (exact) mass is 280 g/mol. The van der Waals surface area contributed by atoms with Gasteiger partial charge in [0.05, 0.1) is 12.5 Å². The first-order chi connectivity index (χ1) is 9.35. The van der Waals surface area contributed by atoms with Crippen LogP contribution in [0.2, 0.25) is 0 Å². The van der Waals surface area contributed by atoms with Gasteiger partial charge in [-0.3, -0.25) is 0 Å². The molecule has 1 unspecified atom stereocenters. The van der Waals surface area contributed by atoms with Crippen LogP contribution in [0, 0.1) is 11.3 Å². The summed E-state index contributed by atoms with van der Waals surface area (Å²) < 4.78 is 5.30. The Morgan fingerprint density at radius 1 is 1.30 bits per heavy atom. The van der Waals surface area contributed by atoms with E-state index >= 15 is 0 Å². The second-order valence-electron chi connectivity index (χ2n) is 7.47. The minimum Gasteiger partial charge on any atom is -0.393 e. The first-order valence-corrected chi connectivity index (χ1v) is 7.86. The van der Waals surface area contributed by atoms with Gasteiger partial charge in [0.2, 0.25) is 5.89 Å². The van der Waals surface area contributed by atoms with Crippen LogP contribution in [0.15, 0.2) is 4.52 Å². The molecule has 4 heteroatoms. The summed E-state index contributed by atoms with van der Waals surface area (Å²) in [7, 11) is 0. The quantitative estimate of drug-likeness (QED) is 0.893. The minimum absolute atomic E-state index is 0.381. The van der Waals surface area contributed by atoms with Crippen LogP contribution in [-0.4, -0.2) is 21.4 Å². The van der Waals surface area contributed by atoms with E-state index in [2.05, 4.69) is 37.8 Å². The molecule has 1 heterocycles. The van der Waals surface area contributed by atoms with E-state index in [9.17, 15) is 5.11 Å². The van der Waals surface area contributed by atoms with Crippen molar-refractivity contribution in [2.45, 2.75) is 78.2 Å². The molecule has 4 nitrogen and oxygen atoms in total. The Morgan fingerprint density at radius 3 is 2.55 bits per heavy atom. The third-order valence-corrected chi connectivity index (χ3v) is 4.34. The zero-order chi connectivity index (χ0) is 14.8. The van der Waals surface area contributed by atoms with Crippen molar-refractivity contribution >= 4 is 0 Å². The Labute approximate surface area is 122 Å². The summed E-state index contributed by atoms with van der Waals surface area (Å²) in [5.41, 5.74) is 0.455. The Morgan fingerprint density at radius 2 is 1.95 bits per heavy atom. The van der Waals surface area contributed by atoms with E-state index in [0.29, 0.717) is 29.6 Å². The standard InChI is InChI=1S/C16H28N2O2/c1-11(2)9-13(19)10-14-17-15(18-20-14)12-5-7-16(3,4)8-6-12/h11-13,19H,5-10H2,1-4H3. The van der Waals surface area contributed by atoms with Gasteiger partial charge >= 0.3 is 0 Å². The molecule has 114 valence electrons. The Kier molecular flexibility index (Phi) is 4.84. The molecule has 2 rings (SSSR count). The number of aromatic nitrogens is 2. The molecule has 1 aromatic heterocycles. The number of hydrogen-bond acceptors (Lipinski definition) is 4. The van der Waals surface area contributed by atoms with Crippen molar-refractivity contribution in [1.82, 2.24) is 10.1 Å². The fraction of sp³-hybridized carbons (Fsp3) is 0.875. The molecule has 0 spiro atoms. The van der Waals surface area contributed by atoms with Crippen molar-refractivity contribution in [3.8, 4) is 0 Å². The number of aliphatic hydroxyl groups is 1. The number of aliphatic hydroxyl groups excluding tert-OH is 1. The number of hydrogen-bond donors (Lipinski definition) is 1. The number of nitrogens with zero attached hydrogens (tertiary/aromatic N) is 2. The van der Waals surface area contributed by atoms with Gasteiger partial charge in [0.15, 0.2) is 5.82 Å². The summed E-state index contributed by atoms with van der Waals surface area (Å²) in [6, 6.07) is 0. The van der Waals surface area contributed by atoms with Crippen LogP contribution in [-0.2, 0) is 6.42 Å². The highest BCUT2D eigenvalue weighted by Crippen LogP contribution is 2.41. The van der Waals surface area contributed by atoms with Crippen LogP contribution < -0.4 is 0 Å². The maximum Gasteiger partial charge on any atom is 0.229 e. The lowest BCUT2D eigenvalue weighted by atomic mass is 9.73. The van der Waals surface area contributed by atoms with Crippen molar-refractivity contribution in [3.63, 3.8) is 0 Å². The lowest BCUT2D eigenvalue weighted by molar-refractivity contribution is 0.138. The molecular formula is C16H28N2O2. The van der Waals surface area contributed by atoms with E-state index in [0.717, 1.165) is 25.1 Å². The van der Waals surface area contributed by atoms with Crippen molar-refractivity contribution in [2.75, 3.05) is 0 Å². The lowest BCUT2D eigenvalue weighted by Gasteiger charge is -2.32. The molecule has 1 atom stereocenters. The van der Waals surface area contributed by atoms with Crippen LogP contribution in [0.4, 0.5) is 0 Å². The molecule has 1 aliphatic rings. The van der Waals surface area contributed by atoms with E-state index in [-0.39, 0.29) is 6.10 Å². The highest BCUT2D eigenvalue weighted by Gasteiger charge is 2.30. The van der Waals surface area contributed by atoms with Crippen LogP contribution >= 0.6 is 0 Å². The fourth-order valence-corrected chi connectivity index (χ4v) is 3.00. The minimum atomic E-state index is -0.381. The average molecular weight is 280 g/mol. The topological polar surface area (TPSA) is 59.2 Å². The van der Waals surface area contributed by atoms with Crippen molar-refractivity contribution < 1.29 is 9.63 Å². The van der Waals surface area contributed by atoms with Crippen molar-refractivity contribution in [1.29, 1.82) is 0 Å². The zero-order valence-corrected chi connectivity index (χ0v) is 13.2. The third-order valence-electron chi connectivity index (χ3n) is 4.34. The highest BCUT2D eigenvalue weighted by molar-refractivity contribution is 4.99. The summed E-state index contributed by atoms with van der Waals surface area (Å²) >= 11 is 0. The first kappa shape index (κ1) is 15.5. The normalized spacial score (nSPS) is 21.3. The molecule has 20 heavy (non-hydrogen) atoms. The van der Waals surface area contributed by atoms with Gasteiger partial charge in [0.1, 0.15) is 0 Å². The largest absolute Gasteiger partial charge is 0.393 e. The van der Waals surface area contributed by atoms with Gasteiger partial charge in [0, 0.05) is 5.92 Å². The summed E-state index contributed by atoms with van der Waals surface area (Å²) in [5, 5.41) is 14.1. The maximum absolute atomic E-state index is 9.93. The third kappa shape index (κ3) is 4.30. The SMILES string of the molecule is CC(C)CC(O)Cc1nc(C2CCC(C)(C)CC2)no1. The lowest BCUT2D eigenvalue weighted by Crippen LogP contribution is -2.20. The van der Waals surface area contributed by atoms with Gasteiger partial charge in [-0.1, -0.05) is 32.9 Å². The van der Waals surface area contributed by atoms with Gasteiger partial charge in [-0.2, -0.15) is 4.98 Å². The summed E-state index contributed by atoms with van der Waals surface area (Å²) in [6.45, 7) is 8.86. The molecule has 0 bridgehead atoms. The highest BCUT2D eigenvalue weighted by atomic mass is 16.5. The second kappa shape index (κ2) is 6.25. The van der Waals surface area contributed by atoms with E-state index in [1.165, 1.54) is 12.8 Å². The molecule has 0 aromatic carbocycles. The maximum atomic E-state index is 9.93. The molecule has 1 aromatic rings. The fourth-order valence-electron chi connectivity index (χ4n) is 3.00. The predicted molar refractivity (Wildman–Crippen MR) is 78.5 cm³/mol. The average Bonchev–Trinajstić information content (AvgIpc) is 2.76. The van der Waals surface area contributed by atoms with Gasteiger partial charge in [0.25, 0.3) is 0 Å². The van der Waals surface area contributed by atoms with Crippen molar-refractivity contribution in [2.24, 2.45) is 11.3 Å². The molecule has 1 fully saturated rings. The molecular weight excluding hydrogens is 252 g/mol. The summed E-state index contributed by atoms with van der Waals surface area (Å²) in [4.78, 5) is 4.49. The van der Waals surface area contributed by atoms with Gasteiger partial charge in [-0.15, -0.1) is 0 Å². The Balaban J connectivity index is 1.89. The van der Waals surface area contributed by atoms with Gasteiger partial charge < -0.3 is 9.63 Å². The van der Waals surface area contributed by atoms with E-state index in [4.69, 9.17) is 4.52 Å². The molecule has 0 radical (unpaired) electrons. The zero-order valence-electron chi connectivity index (χ0n) is 13.2. The second-order valence-corrected chi connectivity index (χ2v) is 7.47. The predicted octanol–water partition coefficient (Wildman–Crippen LogP) is 3.70. The van der Waals surface area contributed by atoms with E-state index in [1.807, 2.05) is 0 Å². The molecule has 0 saturated heterocycles. The van der Waals surface area contributed by atoms with Crippen LogP contribution in [0.5, 0.6) is 0 Å². The summed E-state index contributed by atoms with van der Waals surface area (Å²) in [6.07, 6.45) is 5.59. The van der Waals surface area contributed by atoms with E-state index < -0.39 is 0 Å². The summed E-state index contributed by atoms with van der Waals surface area (Å²) in [5.74, 6) is 2.33. The van der Waals surface area contributed by atoms with Gasteiger partial charge in [-0.05, 0) is 43.4 Å². The molecule has 1 saturated carbocycles.